The van der Waals surface area contributed by atoms with Gasteiger partial charge in [0.05, 0.1) is 5.69 Å². The fourth-order valence-electron chi connectivity index (χ4n) is 2.28. The van der Waals surface area contributed by atoms with Crippen LogP contribution in [0, 0.1) is 0 Å². The van der Waals surface area contributed by atoms with Crippen LogP contribution in [0.3, 0.4) is 0 Å². The van der Waals surface area contributed by atoms with Crippen molar-refractivity contribution in [1.82, 2.24) is 0 Å². The minimum atomic E-state index is -0.236. The van der Waals surface area contributed by atoms with E-state index in [-0.39, 0.29) is 12.5 Å². The monoisotopic (exact) mass is 333 g/mol. The molecule has 3 aromatic carbocycles. The predicted octanol–water partition coefficient (Wildman–Crippen LogP) is 4.28. The molecule has 0 aromatic heterocycles. The molecule has 4 nitrogen and oxygen atoms in total. The summed E-state index contributed by atoms with van der Waals surface area (Å²) in [6.45, 7) is 0.380. The summed E-state index contributed by atoms with van der Waals surface area (Å²) in [7, 11) is 0. The molecule has 0 atom stereocenters. The molecule has 0 aliphatic carbocycles. The lowest BCUT2D eigenvalue weighted by Gasteiger charge is -2.13. The number of carbonyl (C=O) groups is 1. The van der Waals surface area contributed by atoms with Gasteiger partial charge in [0, 0.05) is 0 Å². The number of hydrogen-bond donors (Lipinski definition) is 1. The lowest BCUT2D eigenvalue weighted by molar-refractivity contribution is -0.118. The van der Waals surface area contributed by atoms with Crippen LogP contribution in [0.1, 0.15) is 5.56 Å². The molecule has 0 fully saturated rings. The normalized spacial score (nSPS) is 10.1. The highest BCUT2D eigenvalue weighted by Gasteiger charge is 2.08. The molecule has 0 aliphatic rings. The van der Waals surface area contributed by atoms with Crippen molar-refractivity contribution in [2.45, 2.75) is 6.61 Å². The number of hydrogen-bond acceptors (Lipinski definition) is 3. The highest BCUT2D eigenvalue weighted by Crippen LogP contribution is 2.24. The summed E-state index contributed by atoms with van der Waals surface area (Å²) in [6.07, 6.45) is 0. The molecular formula is C21H19NO3. The molecule has 126 valence electrons. The van der Waals surface area contributed by atoms with Crippen LogP contribution >= 0.6 is 0 Å². The summed E-state index contributed by atoms with van der Waals surface area (Å²) in [4.78, 5) is 12.1. The summed E-state index contributed by atoms with van der Waals surface area (Å²) in [5, 5.41) is 2.83. The van der Waals surface area contributed by atoms with Gasteiger partial charge in [0.2, 0.25) is 0 Å². The Kier molecular flexibility index (Phi) is 5.67. The Morgan fingerprint density at radius 3 is 2.16 bits per heavy atom. The maximum Gasteiger partial charge on any atom is 0.262 e. The SMILES string of the molecule is O=C(COc1ccccc1)Nc1ccccc1OCc1ccccc1. The van der Waals surface area contributed by atoms with Crippen LogP contribution in [-0.2, 0) is 11.4 Å². The molecule has 0 spiro atoms. The number of rotatable bonds is 7. The third-order valence-electron chi connectivity index (χ3n) is 3.51. The first-order chi connectivity index (χ1) is 12.3. The Balaban J connectivity index is 1.57. The van der Waals surface area contributed by atoms with Gasteiger partial charge in [-0.25, -0.2) is 0 Å². The molecular weight excluding hydrogens is 314 g/mol. The van der Waals surface area contributed by atoms with Crippen molar-refractivity contribution in [1.29, 1.82) is 0 Å². The molecule has 0 radical (unpaired) electrons. The Morgan fingerprint density at radius 2 is 1.40 bits per heavy atom. The fraction of sp³-hybridized carbons (Fsp3) is 0.0952. The first-order valence-corrected chi connectivity index (χ1v) is 8.05. The lowest BCUT2D eigenvalue weighted by Crippen LogP contribution is -2.20. The van der Waals surface area contributed by atoms with Gasteiger partial charge in [-0.1, -0.05) is 60.7 Å². The largest absolute Gasteiger partial charge is 0.487 e. The van der Waals surface area contributed by atoms with Crippen molar-refractivity contribution in [3.63, 3.8) is 0 Å². The minimum absolute atomic E-state index is 0.0585. The van der Waals surface area contributed by atoms with E-state index in [0.29, 0.717) is 23.8 Å². The zero-order valence-corrected chi connectivity index (χ0v) is 13.7. The smallest absolute Gasteiger partial charge is 0.262 e. The number of benzene rings is 3. The summed E-state index contributed by atoms with van der Waals surface area (Å²) >= 11 is 0. The highest BCUT2D eigenvalue weighted by atomic mass is 16.5. The third-order valence-corrected chi connectivity index (χ3v) is 3.51. The van der Waals surface area contributed by atoms with Crippen molar-refractivity contribution in [3.05, 3.63) is 90.5 Å². The van der Waals surface area contributed by atoms with Crippen LogP contribution in [0.25, 0.3) is 0 Å². The minimum Gasteiger partial charge on any atom is -0.487 e. The van der Waals surface area contributed by atoms with Crippen molar-refractivity contribution >= 4 is 11.6 Å². The lowest BCUT2D eigenvalue weighted by atomic mass is 10.2. The number of para-hydroxylation sites is 3. The van der Waals surface area contributed by atoms with Gasteiger partial charge in [-0.05, 0) is 29.8 Å². The number of carbonyl (C=O) groups excluding carboxylic acids is 1. The molecule has 25 heavy (non-hydrogen) atoms. The van der Waals surface area contributed by atoms with E-state index >= 15 is 0 Å². The van der Waals surface area contributed by atoms with Crippen molar-refractivity contribution < 1.29 is 14.3 Å². The van der Waals surface area contributed by atoms with Gasteiger partial charge >= 0.3 is 0 Å². The first kappa shape index (κ1) is 16.6. The Bertz CT molecular complexity index is 804. The predicted molar refractivity (Wildman–Crippen MR) is 97.8 cm³/mol. The zero-order chi connectivity index (χ0) is 17.3. The summed E-state index contributed by atoms with van der Waals surface area (Å²) in [5.74, 6) is 1.05. The number of anilines is 1. The van der Waals surface area contributed by atoms with Crippen LogP contribution in [-0.4, -0.2) is 12.5 Å². The molecule has 4 heteroatoms. The summed E-state index contributed by atoms with van der Waals surface area (Å²) in [6, 6.07) is 26.5. The fourth-order valence-corrected chi connectivity index (χ4v) is 2.28. The second-order valence-electron chi connectivity index (χ2n) is 5.42. The van der Waals surface area contributed by atoms with Crippen LogP contribution < -0.4 is 14.8 Å². The van der Waals surface area contributed by atoms with Crippen LogP contribution in [0.4, 0.5) is 5.69 Å². The van der Waals surface area contributed by atoms with E-state index in [2.05, 4.69) is 5.32 Å². The first-order valence-electron chi connectivity index (χ1n) is 8.05. The van der Waals surface area contributed by atoms with Gasteiger partial charge < -0.3 is 14.8 Å². The molecule has 0 bridgehead atoms. The van der Waals surface area contributed by atoms with Crippen LogP contribution in [0.5, 0.6) is 11.5 Å². The molecule has 1 N–H and O–H groups in total. The van der Waals surface area contributed by atoms with Crippen molar-refractivity contribution in [2.24, 2.45) is 0 Å². The van der Waals surface area contributed by atoms with E-state index in [1.54, 1.807) is 6.07 Å². The van der Waals surface area contributed by atoms with E-state index in [0.717, 1.165) is 5.56 Å². The van der Waals surface area contributed by atoms with E-state index in [1.807, 2.05) is 78.9 Å². The van der Waals surface area contributed by atoms with Crippen LogP contribution in [0.15, 0.2) is 84.9 Å². The molecule has 0 unspecified atom stereocenters. The van der Waals surface area contributed by atoms with Gasteiger partial charge in [0.15, 0.2) is 6.61 Å². The second kappa shape index (κ2) is 8.55. The Morgan fingerprint density at radius 1 is 0.760 bits per heavy atom. The quantitative estimate of drug-likeness (QED) is 0.702. The number of nitrogens with one attached hydrogen (secondary N) is 1. The molecule has 0 aliphatic heterocycles. The average Bonchev–Trinajstić information content (AvgIpc) is 2.67. The van der Waals surface area contributed by atoms with Crippen molar-refractivity contribution in [3.8, 4) is 11.5 Å². The van der Waals surface area contributed by atoms with Gasteiger partial charge in [-0.2, -0.15) is 0 Å². The van der Waals surface area contributed by atoms with E-state index in [4.69, 9.17) is 9.47 Å². The van der Waals surface area contributed by atoms with E-state index in [1.165, 1.54) is 0 Å². The van der Waals surface area contributed by atoms with Gasteiger partial charge in [0.25, 0.3) is 5.91 Å². The number of ether oxygens (including phenoxy) is 2. The van der Waals surface area contributed by atoms with Crippen molar-refractivity contribution in [2.75, 3.05) is 11.9 Å². The van der Waals surface area contributed by atoms with Gasteiger partial charge in [-0.15, -0.1) is 0 Å². The highest BCUT2D eigenvalue weighted by molar-refractivity contribution is 5.93. The third kappa shape index (κ3) is 5.11. The summed E-state index contributed by atoms with van der Waals surface area (Å²) in [5.41, 5.74) is 1.69. The van der Waals surface area contributed by atoms with Crippen LogP contribution in [0.2, 0.25) is 0 Å². The average molecular weight is 333 g/mol. The molecule has 0 saturated heterocycles. The van der Waals surface area contributed by atoms with Gasteiger partial charge in [-0.3, -0.25) is 4.79 Å². The Labute approximate surface area is 147 Å². The maximum atomic E-state index is 12.1. The topological polar surface area (TPSA) is 47.6 Å². The molecule has 0 heterocycles. The molecule has 1 amide bonds. The molecule has 0 saturated carbocycles. The Hall–Kier alpha value is -3.27. The molecule has 3 aromatic rings. The van der Waals surface area contributed by atoms with E-state index < -0.39 is 0 Å². The summed E-state index contributed by atoms with van der Waals surface area (Å²) < 4.78 is 11.3. The van der Waals surface area contributed by atoms with Gasteiger partial charge in [0.1, 0.15) is 18.1 Å². The number of amides is 1. The zero-order valence-electron chi connectivity index (χ0n) is 13.7. The molecule has 3 rings (SSSR count). The maximum absolute atomic E-state index is 12.1. The van der Waals surface area contributed by atoms with E-state index in [9.17, 15) is 4.79 Å². The standard InChI is InChI=1S/C21H19NO3/c23-21(16-24-18-11-5-2-6-12-18)22-19-13-7-8-14-20(19)25-15-17-9-3-1-4-10-17/h1-14H,15-16H2,(H,22,23). The second-order valence-corrected chi connectivity index (χ2v) is 5.42.